The molecule has 1 aromatic carbocycles. The van der Waals surface area contributed by atoms with Crippen LogP contribution in [0.25, 0.3) is 12.3 Å². The molecule has 4 heteroatoms. The highest BCUT2D eigenvalue weighted by molar-refractivity contribution is 5.82. The summed E-state index contributed by atoms with van der Waals surface area (Å²) in [6.45, 7) is 2.03. The highest BCUT2D eigenvalue weighted by atomic mass is 19.1. The lowest BCUT2D eigenvalue weighted by Crippen LogP contribution is -2.48. The summed E-state index contributed by atoms with van der Waals surface area (Å²) in [5.74, 6) is 0.506. The summed E-state index contributed by atoms with van der Waals surface area (Å²) >= 11 is 0. The van der Waals surface area contributed by atoms with Crippen molar-refractivity contribution in [3.8, 4) is 0 Å². The van der Waals surface area contributed by atoms with Gasteiger partial charge in [0.15, 0.2) is 0 Å². The van der Waals surface area contributed by atoms with Gasteiger partial charge in [-0.3, -0.25) is 4.79 Å². The van der Waals surface area contributed by atoms with Crippen LogP contribution in [0.4, 0.5) is 4.39 Å². The third-order valence-corrected chi connectivity index (χ3v) is 4.96. The van der Waals surface area contributed by atoms with Gasteiger partial charge in [-0.25, -0.2) is 4.39 Å². The maximum atomic E-state index is 13.3. The first-order valence-electron chi connectivity index (χ1n) is 8.54. The normalized spacial score (nSPS) is 27.9. The summed E-state index contributed by atoms with van der Waals surface area (Å²) in [7, 11) is 0. The predicted octanol–water partition coefficient (Wildman–Crippen LogP) is 1.80. The second-order valence-electron chi connectivity index (χ2n) is 6.92. The molecule has 1 aliphatic heterocycles. The van der Waals surface area contributed by atoms with Gasteiger partial charge in [-0.1, -0.05) is 25.1 Å². The van der Waals surface area contributed by atoms with Gasteiger partial charge in [0.2, 0.25) is 5.91 Å². The fraction of sp³-hybridized carbons (Fsp3) is 0.350. The zero-order valence-electron chi connectivity index (χ0n) is 13.6. The lowest BCUT2D eigenvalue weighted by atomic mass is 9.83. The molecule has 124 valence electrons. The molecule has 1 aromatic rings. The quantitative estimate of drug-likeness (QED) is 0.890. The van der Waals surface area contributed by atoms with Gasteiger partial charge in [-0.15, -0.1) is 0 Å². The zero-order valence-corrected chi connectivity index (χ0v) is 13.6. The summed E-state index contributed by atoms with van der Waals surface area (Å²) in [6.07, 6.45) is 11.0. The van der Waals surface area contributed by atoms with E-state index in [0.29, 0.717) is 0 Å². The van der Waals surface area contributed by atoms with Gasteiger partial charge in [0.1, 0.15) is 12.0 Å². The average molecular weight is 324 g/mol. The molecule has 1 amide bonds. The molecule has 0 radical (unpaired) electrons. The number of fused-ring (bicyclic) bond motifs is 1. The third kappa shape index (κ3) is 3.01. The Morgan fingerprint density at radius 3 is 2.83 bits per heavy atom. The number of benzene rings is 1. The van der Waals surface area contributed by atoms with Gasteiger partial charge in [0.05, 0.1) is 0 Å². The van der Waals surface area contributed by atoms with Crippen molar-refractivity contribution in [1.29, 1.82) is 0 Å². The second-order valence-corrected chi connectivity index (χ2v) is 6.92. The third-order valence-electron chi connectivity index (χ3n) is 4.96. The van der Waals surface area contributed by atoms with Crippen LogP contribution >= 0.6 is 0 Å². The lowest BCUT2D eigenvalue weighted by Gasteiger charge is -2.23. The molecule has 2 aliphatic carbocycles. The van der Waals surface area contributed by atoms with Gasteiger partial charge in [0, 0.05) is 18.0 Å². The van der Waals surface area contributed by atoms with Gasteiger partial charge >= 0.3 is 0 Å². The maximum Gasteiger partial charge on any atom is 0.224 e. The summed E-state index contributed by atoms with van der Waals surface area (Å²) in [6, 6.07) is 6.31. The highest BCUT2D eigenvalue weighted by Crippen LogP contribution is 2.31. The van der Waals surface area contributed by atoms with Gasteiger partial charge in [-0.2, -0.15) is 0 Å². The number of carbonyl (C=O) groups is 1. The van der Waals surface area contributed by atoms with Crippen molar-refractivity contribution in [1.82, 2.24) is 10.6 Å². The van der Waals surface area contributed by atoms with Gasteiger partial charge < -0.3 is 10.6 Å². The highest BCUT2D eigenvalue weighted by Gasteiger charge is 2.30. The van der Waals surface area contributed by atoms with Crippen LogP contribution in [0.2, 0.25) is 0 Å². The summed E-state index contributed by atoms with van der Waals surface area (Å²) in [4.78, 5) is 11.9. The van der Waals surface area contributed by atoms with Crippen molar-refractivity contribution >= 4 is 18.2 Å². The Morgan fingerprint density at radius 2 is 2.08 bits per heavy atom. The van der Waals surface area contributed by atoms with E-state index in [1.165, 1.54) is 5.56 Å². The number of hydrogen-bond donors (Lipinski definition) is 2. The second kappa shape index (κ2) is 5.93. The first-order valence-corrected chi connectivity index (χ1v) is 8.54. The molecule has 3 atom stereocenters. The number of allylic oxidation sites excluding steroid dienone is 4. The Balaban J connectivity index is 1.56. The minimum absolute atomic E-state index is 0.132. The smallest absolute Gasteiger partial charge is 0.224 e. The Kier molecular flexibility index (Phi) is 3.75. The molecule has 2 N–H and O–H groups in total. The SMILES string of the molecule is CC1C=C(F)C=CC1c1ccc2c(c1)=CNC(NC(=O)C1CC1)C=2. The molecule has 0 aromatic heterocycles. The molecule has 3 nitrogen and oxygen atoms in total. The van der Waals surface area contributed by atoms with E-state index in [9.17, 15) is 9.18 Å². The van der Waals surface area contributed by atoms with E-state index in [1.54, 1.807) is 12.2 Å². The van der Waals surface area contributed by atoms with E-state index in [0.717, 1.165) is 23.3 Å². The Hall–Kier alpha value is -2.36. The number of amides is 1. The van der Waals surface area contributed by atoms with Crippen molar-refractivity contribution < 1.29 is 9.18 Å². The topological polar surface area (TPSA) is 41.1 Å². The molecule has 1 heterocycles. The molecule has 0 spiro atoms. The first kappa shape index (κ1) is 15.2. The van der Waals surface area contributed by atoms with Crippen molar-refractivity contribution in [2.75, 3.05) is 0 Å². The zero-order chi connectivity index (χ0) is 16.7. The molecule has 3 unspecified atom stereocenters. The largest absolute Gasteiger partial charge is 0.368 e. The van der Waals surface area contributed by atoms with Crippen LogP contribution in [0, 0.1) is 11.8 Å². The Bertz CT molecular complexity index is 851. The van der Waals surface area contributed by atoms with E-state index >= 15 is 0 Å². The lowest BCUT2D eigenvalue weighted by molar-refractivity contribution is -0.122. The molecule has 0 bridgehead atoms. The number of carbonyl (C=O) groups excluding carboxylic acids is 1. The monoisotopic (exact) mass is 324 g/mol. The summed E-state index contributed by atoms with van der Waals surface area (Å²) in [5, 5.41) is 8.45. The standard InChI is InChI=1S/C20H21FN2O/c1-12-8-17(21)6-7-18(12)15-5-4-14-10-19(22-11-16(14)9-15)23-20(24)13-2-3-13/h4-13,18-19,22H,2-3H2,1H3,(H,23,24). The van der Waals surface area contributed by atoms with E-state index in [1.807, 2.05) is 25.3 Å². The molecule has 24 heavy (non-hydrogen) atoms. The number of nitrogens with one attached hydrogen (secondary N) is 2. The van der Waals surface area contributed by atoms with Crippen LogP contribution in [-0.2, 0) is 4.79 Å². The van der Waals surface area contributed by atoms with Gasteiger partial charge in [-0.05, 0) is 59.1 Å². The first-order chi connectivity index (χ1) is 11.6. The molecule has 0 saturated heterocycles. The van der Waals surface area contributed by atoms with Gasteiger partial charge in [0.25, 0.3) is 0 Å². The Morgan fingerprint density at radius 1 is 1.25 bits per heavy atom. The molecule has 1 fully saturated rings. The van der Waals surface area contributed by atoms with Crippen LogP contribution < -0.4 is 21.1 Å². The molecular weight excluding hydrogens is 303 g/mol. The minimum Gasteiger partial charge on any atom is -0.368 e. The maximum absolute atomic E-state index is 13.3. The van der Waals surface area contributed by atoms with Crippen molar-refractivity contribution in [3.63, 3.8) is 0 Å². The van der Waals surface area contributed by atoms with Crippen LogP contribution in [0.15, 0.2) is 42.3 Å². The van der Waals surface area contributed by atoms with E-state index < -0.39 is 0 Å². The van der Waals surface area contributed by atoms with Crippen molar-refractivity contribution in [3.05, 3.63) is 58.3 Å². The van der Waals surface area contributed by atoms with E-state index in [4.69, 9.17) is 0 Å². The van der Waals surface area contributed by atoms with Crippen LogP contribution in [-0.4, -0.2) is 12.1 Å². The van der Waals surface area contributed by atoms with Crippen LogP contribution in [0.5, 0.6) is 0 Å². The van der Waals surface area contributed by atoms with Crippen LogP contribution in [0.1, 0.15) is 31.2 Å². The fourth-order valence-corrected chi connectivity index (χ4v) is 3.38. The number of rotatable bonds is 3. The van der Waals surface area contributed by atoms with Crippen molar-refractivity contribution in [2.45, 2.75) is 31.8 Å². The summed E-state index contributed by atoms with van der Waals surface area (Å²) in [5.41, 5.74) is 1.17. The van der Waals surface area contributed by atoms with Crippen LogP contribution in [0.3, 0.4) is 0 Å². The fourth-order valence-electron chi connectivity index (χ4n) is 3.38. The number of halogens is 1. The summed E-state index contributed by atoms with van der Waals surface area (Å²) < 4.78 is 13.3. The van der Waals surface area contributed by atoms with E-state index in [2.05, 4.69) is 28.8 Å². The predicted molar refractivity (Wildman–Crippen MR) is 92.6 cm³/mol. The molecular formula is C20H21FN2O. The van der Waals surface area contributed by atoms with Crippen molar-refractivity contribution in [2.24, 2.45) is 11.8 Å². The Labute approximate surface area is 140 Å². The number of hydrogen-bond acceptors (Lipinski definition) is 2. The molecule has 1 saturated carbocycles. The molecule has 3 aliphatic rings. The average Bonchev–Trinajstić information content (AvgIpc) is 3.39. The minimum atomic E-state index is -0.160. The molecule has 4 rings (SSSR count). The van der Waals surface area contributed by atoms with E-state index in [-0.39, 0.29) is 35.7 Å².